The quantitative estimate of drug-likeness (QED) is 0.565. The van der Waals surface area contributed by atoms with Crippen LogP contribution in [-0.4, -0.2) is 22.8 Å². The Morgan fingerprint density at radius 2 is 1.52 bits per heavy atom. The fourth-order valence-electron chi connectivity index (χ4n) is 3.93. The molecule has 0 atom stereocenters. The molecule has 4 nitrogen and oxygen atoms in total. The van der Waals surface area contributed by atoms with Crippen molar-refractivity contribution < 1.29 is 32.2 Å². The molecule has 0 N–H and O–H groups in total. The molecule has 1 fully saturated rings. The van der Waals surface area contributed by atoms with Gasteiger partial charge in [0.1, 0.15) is 28.6 Å². The van der Waals surface area contributed by atoms with Crippen LogP contribution in [0, 0.1) is 0 Å². The van der Waals surface area contributed by atoms with Crippen LogP contribution in [0.15, 0.2) is 42.5 Å². The summed E-state index contributed by atoms with van der Waals surface area (Å²) in [7, 11) is 0. The van der Waals surface area contributed by atoms with Gasteiger partial charge in [0.15, 0.2) is 11.6 Å². The fourth-order valence-corrected chi connectivity index (χ4v) is 3.93. The Bertz CT molecular complexity index is 996. The van der Waals surface area contributed by atoms with E-state index in [4.69, 9.17) is 9.47 Å². The molecule has 7 heteroatoms. The highest BCUT2D eigenvalue weighted by molar-refractivity contribution is 6.15. The van der Waals surface area contributed by atoms with Crippen LogP contribution in [0.5, 0.6) is 11.5 Å². The van der Waals surface area contributed by atoms with E-state index in [0.717, 1.165) is 17.7 Å². The largest absolute Gasteiger partial charge is 0.457 e. The normalized spacial score (nSPS) is 18.8. The molecule has 1 aliphatic rings. The zero-order valence-corrected chi connectivity index (χ0v) is 18.1. The molecule has 0 saturated carbocycles. The van der Waals surface area contributed by atoms with Gasteiger partial charge in [-0.15, -0.1) is 0 Å². The summed E-state index contributed by atoms with van der Waals surface area (Å²) in [5.74, 6) is -1.51. The van der Waals surface area contributed by atoms with Crippen LogP contribution in [0.4, 0.5) is 13.2 Å². The van der Waals surface area contributed by atoms with E-state index in [1.165, 1.54) is 12.1 Å². The Morgan fingerprint density at radius 1 is 0.935 bits per heavy atom. The van der Waals surface area contributed by atoms with Crippen LogP contribution in [0.1, 0.15) is 57.2 Å². The maximum absolute atomic E-state index is 13.1. The maximum Gasteiger partial charge on any atom is 0.416 e. The van der Waals surface area contributed by atoms with Crippen LogP contribution >= 0.6 is 0 Å². The van der Waals surface area contributed by atoms with Gasteiger partial charge < -0.3 is 9.47 Å². The highest BCUT2D eigenvalue weighted by Gasteiger charge is 2.53. The number of ketones is 2. The molecule has 1 aliphatic heterocycles. The number of hydrogen-bond acceptors (Lipinski definition) is 4. The molecular formula is C24H25F3O4. The monoisotopic (exact) mass is 434 g/mol. The van der Waals surface area contributed by atoms with Gasteiger partial charge in [0.25, 0.3) is 0 Å². The lowest BCUT2D eigenvalue weighted by atomic mass is 9.73. The summed E-state index contributed by atoms with van der Waals surface area (Å²) >= 11 is 0. The van der Waals surface area contributed by atoms with E-state index in [1.807, 2.05) is 6.92 Å². The summed E-state index contributed by atoms with van der Waals surface area (Å²) in [6, 6.07) is 9.46. The molecular weight excluding hydrogens is 409 g/mol. The van der Waals surface area contributed by atoms with Crippen molar-refractivity contribution in [3.05, 3.63) is 59.2 Å². The molecule has 0 aliphatic carbocycles. The van der Waals surface area contributed by atoms with Gasteiger partial charge in [-0.25, -0.2) is 0 Å². The SMILES string of the molecule is CCc1ccc(Oc2cccc(C(F)(F)F)c2)cc1C1C(=O)C(C)(C)OC(C)(C)C1=O. The minimum absolute atomic E-state index is 0.00955. The third-order valence-corrected chi connectivity index (χ3v) is 5.43. The molecule has 1 saturated heterocycles. The van der Waals surface area contributed by atoms with Gasteiger partial charge in [-0.1, -0.05) is 19.1 Å². The second-order valence-electron chi connectivity index (χ2n) is 8.63. The van der Waals surface area contributed by atoms with E-state index in [9.17, 15) is 22.8 Å². The van der Waals surface area contributed by atoms with Gasteiger partial charge in [-0.3, -0.25) is 9.59 Å². The van der Waals surface area contributed by atoms with Gasteiger partial charge in [-0.2, -0.15) is 13.2 Å². The fraction of sp³-hybridized carbons (Fsp3) is 0.417. The highest BCUT2D eigenvalue weighted by atomic mass is 19.4. The van der Waals surface area contributed by atoms with Crippen molar-refractivity contribution in [3.8, 4) is 11.5 Å². The lowest BCUT2D eigenvalue weighted by Crippen LogP contribution is -2.58. The lowest BCUT2D eigenvalue weighted by molar-refractivity contribution is -0.184. The first-order chi connectivity index (χ1) is 14.3. The second kappa shape index (κ2) is 7.79. The molecule has 1 heterocycles. The number of aryl methyl sites for hydroxylation is 1. The first-order valence-corrected chi connectivity index (χ1v) is 10.0. The first kappa shape index (κ1) is 23.0. The minimum atomic E-state index is -4.49. The van der Waals surface area contributed by atoms with Gasteiger partial charge in [0.05, 0.1) is 5.56 Å². The van der Waals surface area contributed by atoms with Gasteiger partial charge in [-0.05, 0) is 75.6 Å². The predicted octanol–water partition coefficient (Wildman–Crippen LogP) is 5.87. The number of hydrogen-bond donors (Lipinski definition) is 0. The smallest absolute Gasteiger partial charge is 0.416 e. The molecule has 0 aromatic heterocycles. The Morgan fingerprint density at radius 3 is 2.06 bits per heavy atom. The molecule has 0 radical (unpaired) electrons. The number of carbonyl (C=O) groups is 2. The number of ether oxygens (including phenoxy) is 2. The van der Waals surface area contributed by atoms with Crippen molar-refractivity contribution in [3.63, 3.8) is 0 Å². The standard InChI is InChI=1S/C24H25F3O4/c1-6-14-10-11-17(30-16-9-7-8-15(12-16)24(25,26)27)13-18(14)19-20(28)22(2,3)31-23(4,5)21(19)29/h7-13,19H,6H2,1-5H3. The van der Waals surface area contributed by atoms with E-state index < -0.39 is 28.9 Å². The minimum Gasteiger partial charge on any atom is -0.457 e. The number of halogens is 3. The molecule has 3 rings (SSSR count). The molecule has 0 spiro atoms. The summed E-state index contributed by atoms with van der Waals surface area (Å²) in [6.45, 7) is 8.42. The van der Waals surface area contributed by atoms with Crippen molar-refractivity contribution in [1.82, 2.24) is 0 Å². The maximum atomic E-state index is 13.1. The molecule has 2 aromatic carbocycles. The number of benzene rings is 2. The van der Waals surface area contributed by atoms with Gasteiger partial charge >= 0.3 is 6.18 Å². The molecule has 31 heavy (non-hydrogen) atoms. The molecule has 2 aromatic rings. The van der Waals surface area contributed by atoms with E-state index in [-0.39, 0.29) is 23.1 Å². The van der Waals surface area contributed by atoms with Crippen molar-refractivity contribution in [2.75, 3.05) is 0 Å². The van der Waals surface area contributed by atoms with E-state index in [2.05, 4.69) is 0 Å². The number of Topliss-reactive ketones (excluding diaryl/α,β-unsaturated/α-hetero) is 2. The highest BCUT2D eigenvalue weighted by Crippen LogP contribution is 2.41. The summed E-state index contributed by atoms with van der Waals surface area (Å²) in [6.07, 6.45) is -3.92. The van der Waals surface area contributed by atoms with Crippen LogP contribution < -0.4 is 4.74 Å². The zero-order valence-electron chi connectivity index (χ0n) is 18.1. The van der Waals surface area contributed by atoms with E-state index >= 15 is 0 Å². The topological polar surface area (TPSA) is 52.6 Å². The van der Waals surface area contributed by atoms with Crippen molar-refractivity contribution in [1.29, 1.82) is 0 Å². The van der Waals surface area contributed by atoms with Crippen molar-refractivity contribution in [2.45, 2.75) is 64.3 Å². The molecule has 0 bridgehead atoms. The second-order valence-corrected chi connectivity index (χ2v) is 8.63. The molecule has 0 unspecified atom stereocenters. The Balaban J connectivity index is 2.04. The van der Waals surface area contributed by atoms with Crippen LogP contribution in [0.3, 0.4) is 0 Å². The molecule has 0 amide bonds. The third kappa shape index (κ3) is 4.51. The summed E-state index contributed by atoms with van der Waals surface area (Å²) in [5, 5.41) is 0. The average molecular weight is 434 g/mol. The van der Waals surface area contributed by atoms with Crippen molar-refractivity contribution in [2.24, 2.45) is 0 Å². The Kier molecular flexibility index (Phi) is 5.78. The van der Waals surface area contributed by atoms with Crippen molar-refractivity contribution >= 4 is 11.6 Å². The summed E-state index contributed by atoms with van der Waals surface area (Å²) in [4.78, 5) is 26.3. The van der Waals surface area contributed by atoms with Crippen LogP contribution in [0.2, 0.25) is 0 Å². The Labute approximate surface area is 179 Å². The van der Waals surface area contributed by atoms with Gasteiger partial charge in [0.2, 0.25) is 0 Å². The van der Waals surface area contributed by atoms with E-state index in [0.29, 0.717) is 12.0 Å². The summed E-state index contributed by atoms with van der Waals surface area (Å²) in [5.41, 5.74) is -1.87. The first-order valence-electron chi connectivity index (χ1n) is 10.0. The molecule has 166 valence electrons. The lowest BCUT2D eigenvalue weighted by Gasteiger charge is -2.43. The number of alkyl halides is 3. The third-order valence-electron chi connectivity index (χ3n) is 5.43. The Hall–Kier alpha value is -2.67. The van der Waals surface area contributed by atoms with Crippen LogP contribution in [0.25, 0.3) is 0 Å². The average Bonchev–Trinajstić information content (AvgIpc) is 2.66. The predicted molar refractivity (Wildman–Crippen MR) is 109 cm³/mol. The number of carbonyl (C=O) groups excluding carboxylic acids is 2. The van der Waals surface area contributed by atoms with E-state index in [1.54, 1.807) is 45.9 Å². The number of rotatable bonds is 4. The zero-order chi connectivity index (χ0) is 23.2. The summed E-state index contributed by atoms with van der Waals surface area (Å²) < 4.78 is 50.4. The van der Waals surface area contributed by atoms with Gasteiger partial charge in [0, 0.05) is 0 Å². The van der Waals surface area contributed by atoms with Crippen LogP contribution in [-0.2, 0) is 26.9 Å².